The number of furan rings is 1. The molecule has 2 aliphatic rings. The number of para-hydroxylation sites is 2. The van der Waals surface area contributed by atoms with Crippen LogP contribution in [0.1, 0.15) is 48.6 Å². The SMILES string of the molecule is CC1C/C=C(\c2ccc3c(c2)sc2ccccc23)N=C(C2c3c(oc4ccccc34)C(n3c4ccccc4c4cc5ccccc5cc43)=CC2C)N=C1c1ccc(-c2ccccc2)cc1. The molecule has 0 amide bonds. The minimum Gasteiger partial charge on any atom is -0.454 e. The Labute approximate surface area is 380 Å². The summed E-state index contributed by atoms with van der Waals surface area (Å²) in [6.07, 6.45) is 5.57. The van der Waals surface area contributed by atoms with Crippen LogP contribution >= 0.6 is 11.3 Å². The quantitative estimate of drug-likeness (QED) is 0.170. The van der Waals surface area contributed by atoms with Crippen molar-refractivity contribution in [2.75, 3.05) is 0 Å². The number of nitrogens with zero attached hydrogens (tertiary/aromatic N) is 3. The number of rotatable bonds is 5. The first-order valence-electron chi connectivity index (χ1n) is 22.6. The first-order valence-corrected chi connectivity index (χ1v) is 23.5. The van der Waals surface area contributed by atoms with Gasteiger partial charge in [-0.25, -0.2) is 9.98 Å². The van der Waals surface area contributed by atoms with Gasteiger partial charge in [0.05, 0.1) is 34.1 Å². The molecule has 0 spiro atoms. The van der Waals surface area contributed by atoms with E-state index in [0.29, 0.717) is 0 Å². The molecule has 4 nitrogen and oxygen atoms in total. The van der Waals surface area contributed by atoms with Gasteiger partial charge in [-0.2, -0.15) is 0 Å². The molecule has 13 rings (SSSR count). The van der Waals surface area contributed by atoms with E-state index in [1.807, 2.05) is 11.3 Å². The first-order chi connectivity index (χ1) is 32.0. The number of thiophene rings is 1. The van der Waals surface area contributed by atoms with Crippen molar-refractivity contribution >= 4 is 98.0 Å². The molecule has 0 saturated carbocycles. The lowest BCUT2D eigenvalue weighted by Crippen LogP contribution is -2.26. The van der Waals surface area contributed by atoms with Gasteiger partial charge in [0.2, 0.25) is 0 Å². The van der Waals surface area contributed by atoms with Crippen molar-refractivity contribution in [2.24, 2.45) is 21.8 Å². The van der Waals surface area contributed by atoms with Gasteiger partial charge in [0, 0.05) is 53.4 Å². The van der Waals surface area contributed by atoms with E-state index < -0.39 is 0 Å². The summed E-state index contributed by atoms with van der Waals surface area (Å²) in [5.41, 5.74) is 12.0. The fourth-order valence-corrected chi connectivity index (χ4v) is 11.7. The molecule has 8 aromatic carbocycles. The fraction of sp³-hybridized carbons (Fsp3) is 0.100. The third-order valence-corrected chi connectivity index (χ3v) is 14.9. The zero-order valence-corrected chi connectivity index (χ0v) is 36.9. The van der Waals surface area contributed by atoms with Crippen LogP contribution in [0.4, 0.5) is 0 Å². The van der Waals surface area contributed by atoms with E-state index >= 15 is 0 Å². The highest BCUT2D eigenvalue weighted by Gasteiger charge is 2.38. The molecule has 0 saturated heterocycles. The van der Waals surface area contributed by atoms with Crippen LogP contribution in [0.3, 0.4) is 0 Å². The zero-order valence-electron chi connectivity index (χ0n) is 36.1. The van der Waals surface area contributed by atoms with E-state index in [2.05, 4.69) is 213 Å². The van der Waals surface area contributed by atoms with Crippen molar-refractivity contribution < 1.29 is 4.42 Å². The zero-order chi connectivity index (χ0) is 43.2. The largest absolute Gasteiger partial charge is 0.454 e. The van der Waals surface area contributed by atoms with E-state index in [4.69, 9.17) is 14.4 Å². The van der Waals surface area contributed by atoms with E-state index in [1.165, 1.54) is 52.8 Å². The molecule has 11 aromatic rings. The van der Waals surface area contributed by atoms with Crippen molar-refractivity contribution in [2.45, 2.75) is 26.2 Å². The van der Waals surface area contributed by atoms with Crippen molar-refractivity contribution in [3.8, 4) is 11.1 Å². The van der Waals surface area contributed by atoms with Gasteiger partial charge in [0.25, 0.3) is 0 Å². The van der Waals surface area contributed by atoms with Crippen molar-refractivity contribution in [3.63, 3.8) is 0 Å². The molecule has 3 unspecified atom stereocenters. The Balaban J connectivity index is 1.03. The van der Waals surface area contributed by atoms with Crippen LogP contribution in [0.5, 0.6) is 0 Å². The second kappa shape index (κ2) is 15.0. The average Bonchev–Trinajstić information content (AvgIpc) is 4.02. The van der Waals surface area contributed by atoms with Crippen LogP contribution in [0.25, 0.3) is 86.2 Å². The van der Waals surface area contributed by atoms with E-state index in [-0.39, 0.29) is 17.8 Å². The third-order valence-electron chi connectivity index (χ3n) is 13.7. The lowest BCUT2D eigenvalue weighted by molar-refractivity contribution is 0.561. The predicted octanol–water partition coefficient (Wildman–Crippen LogP) is 16.3. The van der Waals surface area contributed by atoms with Crippen molar-refractivity contribution in [1.29, 1.82) is 0 Å². The van der Waals surface area contributed by atoms with Gasteiger partial charge in [-0.1, -0.05) is 172 Å². The molecule has 0 fully saturated rings. The average molecular weight is 854 g/mol. The molecule has 1 aliphatic carbocycles. The highest BCUT2D eigenvalue weighted by Crippen LogP contribution is 2.49. The van der Waals surface area contributed by atoms with Gasteiger partial charge in [0.15, 0.2) is 5.76 Å². The Bertz CT molecular complexity index is 3840. The van der Waals surface area contributed by atoms with Gasteiger partial charge in [-0.15, -0.1) is 11.3 Å². The van der Waals surface area contributed by atoms with E-state index in [0.717, 1.165) is 73.8 Å². The topological polar surface area (TPSA) is 42.8 Å². The highest BCUT2D eigenvalue weighted by molar-refractivity contribution is 7.25. The predicted molar refractivity (Wildman–Crippen MR) is 275 cm³/mol. The Morgan fingerprint density at radius 2 is 1.20 bits per heavy atom. The summed E-state index contributed by atoms with van der Waals surface area (Å²) in [4.78, 5) is 11.5. The van der Waals surface area contributed by atoms with Crippen LogP contribution in [-0.2, 0) is 0 Å². The summed E-state index contributed by atoms with van der Waals surface area (Å²) in [6, 6.07) is 65.7. The molecule has 0 N–H and O–H groups in total. The number of aromatic nitrogens is 1. The normalized spacial score (nSPS) is 18.6. The monoisotopic (exact) mass is 853 g/mol. The molecule has 0 radical (unpaired) electrons. The number of aliphatic imine (C=N–C) groups is 2. The number of hydrogen-bond acceptors (Lipinski definition) is 4. The molecule has 3 atom stereocenters. The number of amidine groups is 1. The van der Waals surface area contributed by atoms with Gasteiger partial charge >= 0.3 is 0 Å². The number of fused-ring (bicyclic) bond motifs is 10. The van der Waals surface area contributed by atoms with Gasteiger partial charge < -0.3 is 8.98 Å². The van der Waals surface area contributed by atoms with Crippen LogP contribution in [-0.4, -0.2) is 16.1 Å². The smallest absolute Gasteiger partial charge is 0.155 e. The van der Waals surface area contributed by atoms with Crippen LogP contribution in [0, 0.1) is 11.8 Å². The summed E-state index contributed by atoms with van der Waals surface area (Å²) < 4.78 is 12.1. The maximum Gasteiger partial charge on any atom is 0.155 e. The van der Waals surface area contributed by atoms with Crippen LogP contribution in [0.2, 0.25) is 0 Å². The van der Waals surface area contributed by atoms with Gasteiger partial charge in [0.1, 0.15) is 11.4 Å². The molecule has 1 aliphatic heterocycles. The molecule has 0 bridgehead atoms. The Kier molecular flexibility index (Phi) is 8.75. The number of benzene rings is 8. The maximum atomic E-state index is 7.11. The molecule has 5 heteroatoms. The Morgan fingerprint density at radius 3 is 2.05 bits per heavy atom. The van der Waals surface area contributed by atoms with E-state index in [1.54, 1.807) is 0 Å². The minimum atomic E-state index is -0.202. The molecular formula is C60H43N3OS. The molecule has 3 aromatic heterocycles. The molecule has 65 heavy (non-hydrogen) atoms. The second-order valence-corrected chi connectivity index (χ2v) is 18.8. The lowest BCUT2D eigenvalue weighted by atomic mass is 9.79. The fourth-order valence-electron chi connectivity index (χ4n) is 10.6. The van der Waals surface area contributed by atoms with Crippen LogP contribution in [0.15, 0.2) is 209 Å². The highest BCUT2D eigenvalue weighted by atomic mass is 32.1. The van der Waals surface area contributed by atoms with Crippen LogP contribution < -0.4 is 0 Å². The number of allylic oxidation sites excluding steroid dienone is 2. The first kappa shape index (κ1) is 37.9. The summed E-state index contributed by atoms with van der Waals surface area (Å²) in [5, 5.41) is 8.56. The maximum absolute atomic E-state index is 7.11. The standard InChI is InChI=1S/C60H43N3OS/c1-36-24-31-49(43-29-30-46-45-19-10-13-23-54(45)65-55(46)35-43)61-60(62-58(36)40-27-25-39(26-28-40)38-14-4-3-5-15-38)56-37(2)32-52(59-57(56)47-20-9-12-22-53(47)64-59)63-50-21-11-8-18-44(50)48-33-41-16-6-7-17-42(41)34-51(48)63/h3-23,25-37,56H,24H2,1-2H3/b49-31+,61-60?,62-58?. The lowest BCUT2D eigenvalue weighted by Gasteiger charge is -2.30. The third kappa shape index (κ3) is 6.18. The summed E-state index contributed by atoms with van der Waals surface area (Å²) in [6.45, 7) is 4.64. The van der Waals surface area contributed by atoms with E-state index in [9.17, 15) is 0 Å². The number of hydrogen-bond donors (Lipinski definition) is 0. The summed E-state index contributed by atoms with van der Waals surface area (Å²) >= 11 is 1.84. The van der Waals surface area contributed by atoms with Crippen molar-refractivity contribution in [1.82, 2.24) is 4.57 Å². The molecule has 310 valence electrons. The summed E-state index contributed by atoms with van der Waals surface area (Å²) in [5.74, 6) is 1.59. The molecular weight excluding hydrogens is 811 g/mol. The van der Waals surface area contributed by atoms with Gasteiger partial charge in [-0.3, -0.25) is 0 Å². The summed E-state index contributed by atoms with van der Waals surface area (Å²) in [7, 11) is 0. The second-order valence-electron chi connectivity index (χ2n) is 17.7. The van der Waals surface area contributed by atoms with Crippen molar-refractivity contribution in [3.05, 3.63) is 217 Å². The Hall–Kier alpha value is -7.60. The minimum absolute atomic E-state index is 0.000407. The Morgan fingerprint density at radius 1 is 0.538 bits per heavy atom. The molecule has 4 heterocycles. The van der Waals surface area contributed by atoms with Gasteiger partial charge in [-0.05, 0) is 76.2 Å².